The molecule has 3 rings (SSSR count). The molecule has 2 aromatic carbocycles. The van der Waals surface area contributed by atoms with Gasteiger partial charge in [-0.2, -0.15) is 4.99 Å². The van der Waals surface area contributed by atoms with Crippen LogP contribution in [0.4, 0.5) is 11.4 Å². The summed E-state index contributed by atoms with van der Waals surface area (Å²) in [7, 11) is 0. The zero-order valence-electron chi connectivity index (χ0n) is 14.1. The number of nitrogens with zero attached hydrogens (tertiary/aromatic N) is 4. The van der Waals surface area contributed by atoms with E-state index in [4.69, 9.17) is 23.2 Å². The van der Waals surface area contributed by atoms with Gasteiger partial charge in [-0.05, 0) is 19.1 Å². The van der Waals surface area contributed by atoms with Gasteiger partial charge in [0.1, 0.15) is 0 Å². The van der Waals surface area contributed by atoms with Gasteiger partial charge in [-0.3, -0.25) is 25.0 Å². The SMILES string of the molecule is CCn1c(=NC(=O)c2cc([N+](=O)[O-])cc([N+](=O)[O-])c2)sc2cc(Cl)cc(Cl)c21. The number of benzene rings is 2. The third-order valence-electron chi connectivity index (χ3n) is 3.78. The molecule has 12 heteroatoms. The lowest BCUT2D eigenvalue weighted by Crippen LogP contribution is -2.16. The largest absolute Gasteiger partial charge is 0.315 e. The minimum Gasteiger partial charge on any atom is -0.315 e. The van der Waals surface area contributed by atoms with Crippen molar-refractivity contribution >= 4 is 62.0 Å². The molecule has 144 valence electrons. The van der Waals surface area contributed by atoms with Crippen molar-refractivity contribution in [2.24, 2.45) is 4.99 Å². The van der Waals surface area contributed by atoms with Crippen molar-refractivity contribution in [1.29, 1.82) is 0 Å². The molecule has 0 spiro atoms. The standard InChI is InChI=1S/C16H10Cl2N4O5S/c1-2-20-14-12(18)5-9(17)6-13(14)28-16(20)19-15(23)8-3-10(21(24)25)7-11(4-8)22(26)27/h3-7H,2H2,1H3. The Morgan fingerprint density at radius 1 is 1.11 bits per heavy atom. The van der Waals surface area contributed by atoms with Crippen LogP contribution >= 0.6 is 34.5 Å². The molecule has 3 aromatic rings. The van der Waals surface area contributed by atoms with Crippen molar-refractivity contribution in [1.82, 2.24) is 4.57 Å². The number of carbonyl (C=O) groups excluding carboxylic acids is 1. The lowest BCUT2D eigenvalue weighted by Gasteiger charge is -2.03. The van der Waals surface area contributed by atoms with Gasteiger partial charge in [-0.1, -0.05) is 34.5 Å². The Balaban J connectivity index is 2.19. The first-order valence-corrected chi connectivity index (χ1v) is 9.29. The first-order valence-electron chi connectivity index (χ1n) is 7.72. The van der Waals surface area contributed by atoms with E-state index in [-0.39, 0.29) is 5.56 Å². The number of rotatable bonds is 4. The van der Waals surface area contributed by atoms with E-state index in [1.54, 1.807) is 16.7 Å². The predicted octanol–water partition coefficient (Wildman–Crippen LogP) is 4.59. The van der Waals surface area contributed by atoms with E-state index in [9.17, 15) is 25.0 Å². The molecule has 1 amide bonds. The summed E-state index contributed by atoms with van der Waals surface area (Å²) in [6.07, 6.45) is 0. The van der Waals surface area contributed by atoms with Gasteiger partial charge in [0.25, 0.3) is 17.3 Å². The molecule has 0 aliphatic heterocycles. The summed E-state index contributed by atoms with van der Waals surface area (Å²) in [5.41, 5.74) is -0.746. The van der Waals surface area contributed by atoms with E-state index in [1.807, 2.05) is 6.92 Å². The van der Waals surface area contributed by atoms with E-state index in [2.05, 4.69) is 4.99 Å². The minimum absolute atomic E-state index is 0.259. The summed E-state index contributed by atoms with van der Waals surface area (Å²) in [6.45, 7) is 2.28. The molecule has 0 fully saturated rings. The predicted molar refractivity (Wildman–Crippen MR) is 105 cm³/mol. The topological polar surface area (TPSA) is 121 Å². The molecule has 0 bridgehead atoms. The zero-order valence-corrected chi connectivity index (χ0v) is 16.4. The highest BCUT2D eigenvalue weighted by Gasteiger charge is 2.20. The van der Waals surface area contributed by atoms with Crippen LogP contribution in [-0.2, 0) is 6.54 Å². The van der Waals surface area contributed by atoms with Crippen molar-refractivity contribution in [2.45, 2.75) is 13.5 Å². The highest BCUT2D eigenvalue weighted by Crippen LogP contribution is 2.30. The van der Waals surface area contributed by atoms with E-state index in [0.29, 0.717) is 31.6 Å². The Morgan fingerprint density at radius 2 is 1.71 bits per heavy atom. The number of aromatic nitrogens is 1. The maximum Gasteiger partial charge on any atom is 0.280 e. The summed E-state index contributed by atoms with van der Waals surface area (Å²) < 4.78 is 2.40. The molecular weight excluding hydrogens is 431 g/mol. The van der Waals surface area contributed by atoms with Crippen LogP contribution in [0.15, 0.2) is 35.3 Å². The number of aryl methyl sites for hydroxylation is 1. The van der Waals surface area contributed by atoms with Crippen molar-refractivity contribution < 1.29 is 14.6 Å². The average molecular weight is 441 g/mol. The molecule has 0 radical (unpaired) electrons. The van der Waals surface area contributed by atoms with Crippen LogP contribution in [0.1, 0.15) is 17.3 Å². The Bertz CT molecular complexity index is 1190. The summed E-state index contributed by atoms with van der Waals surface area (Å²) >= 11 is 13.4. The van der Waals surface area contributed by atoms with Crippen molar-refractivity contribution in [3.05, 3.63) is 71.0 Å². The maximum absolute atomic E-state index is 12.6. The molecule has 0 atom stereocenters. The minimum atomic E-state index is -0.845. The summed E-state index contributed by atoms with van der Waals surface area (Å²) in [5.74, 6) is -0.845. The van der Waals surface area contributed by atoms with E-state index in [1.165, 1.54) is 0 Å². The van der Waals surface area contributed by atoms with Crippen LogP contribution in [-0.4, -0.2) is 20.3 Å². The first kappa shape index (κ1) is 19.9. The second-order valence-electron chi connectivity index (χ2n) is 5.53. The molecule has 9 nitrogen and oxygen atoms in total. The summed E-state index contributed by atoms with van der Waals surface area (Å²) in [5, 5.41) is 22.8. The number of non-ortho nitro benzene ring substituents is 2. The number of amides is 1. The van der Waals surface area contributed by atoms with Gasteiger partial charge in [0.05, 0.1) is 36.7 Å². The molecule has 1 aromatic heterocycles. The van der Waals surface area contributed by atoms with Crippen LogP contribution in [0.3, 0.4) is 0 Å². The number of nitro groups is 2. The van der Waals surface area contributed by atoms with Gasteiger partial charge in [0.15, 0.2) is 4.80 Å². The van der Waals surface area contributed by atoms with E-state index < -0.39 is 27.1 Å². The van der Waals surface area contributed by atoms with Gasteiger partial charge < -0.3 is 4.57 Å². The molecule has 0 N–H and O–H groups in total. The lowest BCUT2D eigenvalue weighted by molar-refractivity contribution is -0.394. The lowest BCUT2D eigenvalue weighted by atomic mass is 10.1. The van der Waals surface area contributed by atoms with Crippen molar-refractivity contribution in [3.63, 3.8) is 0 Å². The second kappa shape index (κ2) is 7.66. The normalized spacial score (nSPS) is 11.8. The molecule has 0 saturated heterocycles. The van der Waals surface area contributed by atoms with E-state index in [0.717, 1.165) is 29.5 Å². The number of carbonyl (C=O) groups is 1. The fourth-order valence-corrected chi connectivity index (χ4v) is 4.46. The quantitative estimate of drug-likeness (QED) is 0.433. The fourth-order valence-electron chi connectivity index (χ4n) is 2.59. The molecule has 0 aliphatic carbocycles. The van der Waals surface area contributed by atoms with Crippen LogP contribution in [0.2, 0.25) is 10.0 Å². The third-order valence-corrected chi connectivity index (χ3v) is 5.31. The van der Waals surface area contributed by atoms with Crippen LogP contribution in [0.25, 0.3) is 10.2 Å². The molecule has 28 heavy (non-hydrogen) atoms. The Labute approximate surface area is 170 Å². The Kier molecular flexibility index (Phi) is 5.45. The number of halogens is 2. The molecule has 0 unspecified atom stereocenters. The van der Waals surface area contributed by atoms with Gasteiger partial charge in [0.2, 0.25) is 0 Å². The van der Waals surface area contributed by atoms with Crippen LogP contribution < -0.4 is 4.80 Å². The number of thiazole rings is 1. The third kappa shape index (κ3) is 3.75. The molecule has 1 heterocycles. The second-order valence-corrected chi connectivity index (χ2v) is 7.39. The average Bonchev–Trinajstić information content (AvgIpc) is 2.98. The van der Waals surface area contributed by atoms with Gasteiger partial charge >= 0.3 is 0 Å². The number of hydrogen-bond donors (Lipinski definition) is 0. The van der Waals surface area contributed by atoms with Gasteiger partial charge in [-0.15, -0.1) is 0 Å². The number of hydrogen-bond acceptors (Lipinski definition) is 6. The smallest absolute Gasteiger partial charge is 0.280 e. The van der Waals surface area contributed by atoms with E-state index >= 15 is 0 Å². The number of nitro benzene ring substituents is 2. The van der Waals surface area contributed by atoms with Crippen LogP contribution in [0.5, 0.6) is 0 Å². The van der Waals surface area contributed by atoms with Gasteiger partial charge in [0, 0.05) is 23.7 Å². The first-order chi connectivity index (χ1) is 13.2. The maximum atomic E-state index is 12.6. The Hall–Kier alpha value is -2.82. The van der Waals surface area contributed by atoms with Crippen molar-refractivity contribution in [3.8, 4) is 0 Å². The zero-order chi connectivity index (χ0) is 20.6. The molecule has 0 aliphatic rings. The summed E-state index contributed by atoms with van der Waals surface area (Å²) in [6, 6.07) is 5.93. The number of fused-ring (bicyclic) bond motifs is 1. The van der Waals surface area contributed by atoms with Gasteiger partial charge in [-0.25, -0.2) is 0 Å². The Morgan fingerprint density at radius 3 is 2.25 bits per heavy atom. The monoisotopic (exact) mass is 440 g/mol. The highest BCUT2D eigenvalue weighted by molar-refractivity contribution is 7.16. The summed E-state index contributed by atoms with van der Waals surface area (Å²) in [4.78, 5) is 37.3. The molecule has 0 saturated carbocycles. The highest BCUT2D eigenvalue weighted by atomic mass is 35.5. The fraction of sp³-hybridized carbons (Fsp3) is 0.125. The van der Waals surface area contributed by atoms with Crippen LogP contribution in [0, 0.1) is 20.2 Å². The van der Waals surface area contributed by atoms with Crippen molar-refractivity contribution in [2.75, 3.05) is 0 Å². The molecular formula is C16H10Cl2N4O5S.